The number of esters is 1. The van der Waals surface area contributed by atoms with Gasteiger partial charge >= 0.3 is 5.97 Å². The molecule has 0 heterocycles. The molecule has 1 rings (SSSR count). The summed E-state index contributed by atoms with van der Waals surface area (Å²) >= 11 is 0. The van der Waals surface area contributed by atoms with Gasteiger partial charge in [0.15, 0.2) is 0 Å². The normalized spacial score (nSPS) is 26.8. The Balaban J connectivity index is 2.84. The number of rotatable bonds is 7. The molecule has 148 valence electrons. The number of hydrogen-bond acceptors (Lipinski definition) is 3. The molecule has 3 nitrogen and oxygen atoms in total. The van der Waals surface area contributed by atoms with E-state index in [1.165, 1.54) is 0 Å². The summed E-state index contributed by atoms with van der Waals surface area (Å²) < 4.78 is 6.02. The lowest BCUT2D eigenvalue weighted by atomic mass is 9.61. The molecule has 0 aromatic rings. The van der Waals surface area contributed by atoms with Crippen molar-refractivity contribution in [3.05, 3.63) is 0 Å². The number of aliphatic hydroxyl groups is 1. The van der Waals surface area contributed by atoms with E-state index in [4.69, 9.17) is 4.74 Å². The molecule has 0 amide bonds. The van der Waals surface area contributed by atoms with Crippen molar-refractivity contribution < 1.29 is 14.6 Å². The number of carbonyl (C=O) groups excluding carboxylic acids is 1. The lowest BCUT2D eigenvalue weighted by Gasteiger charge is -2.45. The molecular formula is C22H42O3. The van der Waals surface area contributed by atoms with E-state index < -0.39 is 10.8 Å². The highest BCUT2D eigenvalue weighted by atomic mass is 16.5. The van der Waals surface area contributed by atoms with Gasteiger partial charge in [-0.05, 0) is 62.7 Å². The highest BCUT2D eigenvalue weighted by molar-refractivity contribution is 5.77. The van der Waals surface area contributed by atoms with Crippen LogP contribution in [0.4, 0.5) is 0 Å². The number of ether oxygens (including phenoxy) is 1. The van der Waals surface area contributed by atoms with Crippen LogP contribution in [-0.4, -0.2) is 23.8 Å². The minimum Gasteiger partial charge on any atom is -0.462 e. The van der Waals surface area contributed by atoms with Gasteiger partial charge in [-0.3, -0.25) is 4.79 Å². The molecule has 0 bridgehead atoms. The number of hydrogen-bond donors (Lipinski definition) is 1. The van der Waals surface area contributed by atoms with E-state index in [1.54, 1.807) is 0 Å². The van der Waals surface area contributed by atoms with Crippen LogP contribution in [0.3, 0.4) is 0 Å². The van der Waals surface area contributed by atoms with Crippen molar-refractivity contribution in [3.8, 4) is 0 Å². The summed E-state index contributed by atoms with van der Waals surface area (Å²) in [5, 5.41) is 10.0. The predicted octanol–water partition coefficient (Wildman–Crippen LogP) is 5.60. The maximum Gasteiger partial charge on any atom is 0.312 e. The van der Waals surface area contributed by atoms with Crippen LogP contribution >= 0.6 is 0 Å². The van der Waals surface area contributed by atoms with Gasteiger partial charge in [-0.1, -0.05) is 48.5 Å². The quantitative estimate of drug-likeness (QED) is 0.606. The van der Waals surface area contributed by atoms with Gasteiger partial charge in [-0.15, -0.1) is 0 Å². The zero-order chi connectivity index (χ0) is 19.5. The molecule has 0 aliphatic heterocycles. The summed E-state index contributed by atoms with van der Waals surface area (Å²) in [4.78, 5) is 13.2. The average molecular weight is 355 g/mol. The Morgan fingerprint density at radius 2 is 1.60 bits per heavy atom. The zero-order valence-corrected chi connectivity index (χ0v) is 17.9. The molecule has 1 fully saturated rings. The molecule has 0 spiro atoms. The number of carbonyl (C=O) groups is 1. The Bertz CT molecular complexity index is 423. The minimum atomic E-state index is -0.647. The molecule has 0 radical (unpaired) electrons. The average Bonchev–Trinajstić information content (AvgIpc) is 2.52. The molecule has 3 heteroatoms. The van der Waals surface area contributed by atoms with E-state index in [-0.39, 0.29) is 18.7 Å². The smallest absolute Gasteiger partial charge is 0.312 e. The molecule has 0 aromatic heterocycles. The molecule has 1 saturated carbocycles. The molecular weight excluding hydrogens is 312 g/mol. The van der Waals surface area contributed by atoms with Crippen molar-refractivity contribution >= 4 is 5.97 Å². The van der Waals surface area contributed by atoms with E-state index >= 15 is 0 Å². The molecule has 0 saturated heterocycles. The van der Waals surface area contributed by atoms with Crippen LogP contribution in [0.5, 0.6) is 0 Å². The van der Waals surface area contributed by atoms with Crippen LogP contribution in [0.2, 0.25) is 0 Å². The Labute approximate surface area is 155 Å². The van der Waals surface area contributed by atoms with Crippen LogP contribution in [0.25, 0.3) is 0 Å². The van der Waals surface area contributed by atoms with Gasteiger partial charge in [0.05, 0.1) is 5.41 Å². The molecule has 2 atom stereocenters. The maximum atomic E-state index is 13.2. The highest BCUT2D eigenvalue weighted by Crippen LogP contribution is 2.48. The van der Waals surface area contributed by atoms with Gasteiger partial charge < -0.3 is 9.84 Å². The molecule has 0 aromatic carbocycles. The van der Waals surface area contributed by atoms with Crippen LogP contribution < -0.4 is 0 Å². The standard InChI is InChI=1S/C22H42O3/c1-9-21(7,15-23)22(8,14-16(2)3)19(24)25-18-12-10-17(11-13-18)20(4,5)6/h16-18,23H,9-15H2,1-8H3. The monoisotopic (exact) mass is 354 g/mol. The SMILES string of the molecule is CCC(C)(CO)C(C)(CC(C)C)C(=O)OC1CCC(C(C)(C)C)CC1. The van der Waals surface area contributed by atoms with Crippen LogP contribution in [-0.2, 0) is 9.53 Å². The highest BCUT2D eigenvalue weighted by Gasteiger charge is 2.50. The fraction of sp³-hybridized carbons (Fsp3) is 0.955. The third-order valence-corrected chi connectivity index (χ3v) is 6.90. The molecule has 1 N–H and O–H groups in total. The molecule has 1 aliphatic carbocycles. The summed E-state index contributed by atoms with van der Waals surface area (Å²) in [7, 11) is 0. The first-order valence-corrected chi connectivity index (χ1v) is 10.2. The van der Waals surface area contributed by atoms with E-state index in [0.717, 1.165) is 38.5 Å². The van der Waals surface area contributed by atoms with Crippen molar-refractivity contribution in [1.29, 1.82) is 0 Å². The first kappa shape index (κ1) is 22.5. The first-order valence-electron chi connectivity index (χ1n) is 10.2. The topological polar surface area (TPSA) is 46.5 Å². The zero-order valence-electron chi connectivity index (χ0n) is 17.9. The van der Waals surface area contributed by atoms with Crippen molar-refractivity contribution in [3.63, 3.8) is 0 Å². The molecule has 2 unspecified atom stereocenters. The Morgan fingerprint density at radius 1 is 1.08 bits per heavy atom. The van der Waals surface area contributed by atoms with Crippen molar-refractivity contribution in [2.24, 2.45) is 28.1 Å². The van der Waals surface area contributed by atoms with Crippen LogP contribution in [0, 0.1) is 28.1 Å². The van der Waals surface area contributed by atoms with Gasteiger partial charge in [0.25, 0.3) is 0 Å². The summed E-state index contributed by atoms with van der Waals surface area (Å²) in [6, 6.07) is 0. The Hall–Kier alpha value is -0.570. The summed E-state index contributed by atoms with van der Waals surface area (Å²) in [6.07, 6.45) is 5.74. The van der Waals surface area contributed by atoms with Gasteiger partial charge in [0, 0.05) is 12.0 Å². The van der Waals surface area contributed by atoms with Gasteiger partial charge in [0.2, 0.25) is 0 Å². The Morgan fingerprint density at radius 3 is 1.96 bits per heavy atom. The first-order chi connectivity index (χ1) is 11.4. The maximum absolute atomic E-state index is 13.2. The Kier molecular flexibility index (Phi) is 7.56. The van der Waals surface area contributed by atoms with Gasteiger partial charge in [-0.25, -0.2) is 0 Å². The minimum absolute atomic E-state index is 0.0125. The lowest BCUT2D eigenvalue weighted by molar-refractivity contribution is -0.176. The predicted molar refractivity (Wildman–Crippen MR) is 104 cm³/mol. The molecule has 1 aliphatic rings. The fourth-order valence-corrected chi connectivity index (χ4v) is 4.40. The van der Waals surface area contributed by atoms with Crippen molar-refractivity contribution in [1.82, 2.24) is 0 Å². The van der Waals surface area contributed by atoms with E-state index in [9.17, 15) is 9.90 Å². The van der Waals surface area contributed by atoms with Gasteiger partial charge in [-0.2, -0.15) is 0 Å². The molecule has 25 heavy (non-hydrogen) atoms. The van der Waals surface area contributed by atoms with Crippen LogP contribution in [0.1, 0.15) is 93.9 Å². The van der Waals surface area contributed by atoms with E-state index in [2.05, 4.69) is 41.5 Å². The number of aliphatic hydroxyl groups excluding tert-OH is 1. The second-order valence-electron chi connectivity index (χ2n) is 10.2. The van der Waals surface area contributed by atoms with Crippen molar-refractivity contribution in [2.45, 2.75) is 100 Å². The van der Waals surface area contributed by atoms with E-state index in [0.29, 0.717) is 17.3 Å². The summed E-state index contributed by atoms with van der Waals surface area (Å²) in [6.45, 7) is 17.3. The fourth-order valence-electron chi connectivity index (χ4n) is 4.40. The van der Waals surface area contributed by atoms with Crippen molar-refractivity contribution in [2.75, 3.05) is 6.61 Å². The van der Waals surface area contributed by atoms with Gasteiger partial charge in [0.1, 0.15) is 6.10 Å². The third-order valence-electron chi connectivity index (χ3n) is 6.90. The third kappa shape index (κ3) is 5.21. The lowest BCUT2D eigenvalue weighted by Crippen LogP contribution is -2.49. The van der Waals surface area contributed by atoms with Crippen LogP contribution in [0.15, 0.2) is 0 Å². The second kappa shape index (κ2) is 8.41. The largest absolute Gasteiger partial charge is 0.462 e. The summed E-state index contributed by atoms with van der Waals surface area (Å²) in [5.41, 5.74) is -0.763. The second-order valence-corrected chi connectivity index (χ2v) is 10.2. The summed E-state index contributed by atoms with van der Waals surface area (Å²) in [5.74, 6) is 0.980. The van der Waals surface area contributed by atoms with E-state index in [1.807, 2.05) is 13.8 Å².